The first kappa shape index (κ1) is 16.8. The summed E-state index contributed by atoms with van der Waals surface area (Å²) in [5.41, 5.74) is 2.83. The Morgan fingerprint density at radius 2 is 1.48 bits per heavy atom. The molecule has 2 rings (SSSR count). The van der Waals surface area contributed by atoms with Crippen molar-refractivity contribution < 1.29 is 13.6 Å². The molecule has 2 aromatic carbocycles. The Bertz CT molecular complexity index is 639. The maximum atomic E-state index is 12.9. The van der Waals surface area contributed by atoms with Gasteiger partial charge < -0.3 is 5.32 Å². The van der Waals surface area contributed by atoms with Gasteiger partial charge in [-0.2, -0.15) is 0 Å². The van der Waals surface area contributed by atoms with E-state index in [4.69, 9.17) is 0 Å². The highest BCUT2D eigenvalue weighted by Gasteiger charge is 2.02. The summed E-state index contributed by atoms with van der Waals surface area (Å²) in [6.45, 7) is 6.82. The van der Waals surface area contributed by atoms with Crippen LogP contribution in [0.2, 0.25) is 0 Å². The number of halogens is 2. The minimum absolute atomic E-state index is 0.116. The van der Waals surface area contributed by atoms with Crippen LogP contribution in [0, 0.1) is 32.4 Å². The van der Waals surface area contributed by atoms with Gasteiger partial charge in [0.1, 0.15) is 11.6 Å². The summed E-state index contributed by atoms with van der Waals surface area (Å²) in [6, 6.07) is 9.80. The number of nitrogens with one attached hydrogen (secondary N) is 1. The molecule has 0 fully saturated rings. The molecule has 21 heavy (non-hydrogen) atoms. The van der Waals surface area contributed by atoms with Crippen LogP contribution < -0.4 is 5.32 Å². The number of hydrogen-bond acceptors (Lipinski definition) is 1. The summed E-state index contributed by atoms with van der Waals surface area (Å²) in [5.74, 6) is -0.787. The third kappa shape index (κ3) is 5.73. The molecule has 0 aliphatic carbocycles. The Labute approximate surface area is 123 Å². The third-order valence-corrected chi connectivity index (χ3v) is 2.76. The first-order valence-electron chi connectivity index (χ1n) is 6.56. The molecular weight excluding hydrogens is 272 g/mol. The Morgan fingerprint density at radius 1 is 0.905 bits per heavy atom. The van der Waals surface area contributed by atoms with E-state index in [2.05, 4.69) is 5.32 Å². The maximum Gasteiger partial charge on any atom is 0.221 e. The number of aryl methyl sites for hydroxylation is 3. The van der Waals surface area contributed by atoms with Crippen LogP contribution in [0.5, 0.6) is 0 Å². The average Bonchev–Trinajstić information content (AvgIpc) is 2.39. The Kier molecular flexibility index (Phi) is 6.03. The van der Waals surface area contributed by atoms with E-state index in [-0.39, 0.29) is 17.4 Å². The van der Waals surface area contributed by atoms with Crippen LogP contribution in [0.3, 0.4) is 0 Å². The molecule has 0 atom stereocenters. The van der Waals surface area contributed by atoms with Gasteiger partial charge in [0, 0.05) is 6.92 Å². The van der Waals surface area contributed by atoms with E-state index in [1.165, 1.54) is 19.1 Å². The van der Waals surface area contributed by atoms with Gasteiger partial charge in [-0.3, -0.25) is 4.79 Å². The van der Waals surface area contributed by atoms with Crippen LogP contribution in [0.25, 0.3) is 0 Å². The Morgan fingerprint density at radius 3 is 2.00 bits per heavy atom. The number of carbonyl (C=O) groups is 1. The molecule has 0 saturated heterocycles. The summed E-state index contributed by atoms with van der Waals surface area (Å²) in [7, 11) is 0. The molecule has 4 heteroatoms. The number of hydrogen-bond donors (Lipinski definition) is 1. The third-order valence-electron chi connectivity index (χ3n) is 2.76. The molecule has 0 bridgehead atoms. The summed E-state index contributed by atoms with van der Waals surface area (Å²) < 4.78 is 25.5. The van der Waals surface area contributed by atoms with E-state index >= 15 is 0 Å². The van der Waals surface area contributed by atoms with Gasteiger partial charge in [0.2, 0.25) is 5.91 Å². The number of anilines is 1. The SMILES string of the molecule is CC(=O)Nc1cc(C)ccc1F.Cc1ccc(C)c(F)c1. The van der Waals surface area contributed by atoms with Crippen LogP contribution in [0.15, 0.2) is 36.4 Å². The quantitative estimate of drug-likeness (QED) is 0.821. The summed E-state index contributed by atoms with van der Waals surface area (Å²) >= 11 is 0. The zero-order valence-corrected chi connectivity index (χ0v) is 12.6. The highest BCUT2D eigenvalue weighted by atomic mass is 19.1. The lowest BCUT2D eigenvalue weighted by molar-refractivity contribution is -0.114. The van der Waals surface area contributed by atoms with Gasteiger partial charge in [-0.15, -0.1) is 0 Å². The van der Waals surface area contributed by atoms with Crippen LogP contribution in [-0.2, 0) is 4.79 Å². The van der Waals surface area contributed by atoms with Gasteiger partial charge in [0.25, 0.3) is 0 Å². The summed E-state index contributed by atoms with van der Waals surface area (Å²) in [4.78, 5) is 10.6. The molecule has 0 heterocycles. The van der Waals surface area contributed by atoms with Gasteiger partial charge in [-0.1, -0.05) is 18.2 Å². The van der Waals surface area contributed by atoms with Crippen molar-refractivity contribution >= 4 is 11.6 Å². The van der Waals surface area contributed by atoms with Gasteiger partial charge in [-0.25, -0.2) is 8.78 Å². The molecule has 0 spiro atoms. The molecule has 0 aliphatic heterocycles. The number of benzene rings is 2. The second kappa shape index (κ2) is 7.53. The maximum absolute atomic E-state index is 12.9. The minimum Gasteiger partial charge on any atom is -0.324 e. The smallest absolute Gasteiger partial charge is 0.221 e. The standard InChI is InChI=1S/C9H10FNO.C8H9F/c1-6-3-4-8(10)9(5-6)11-7(2)12;1-6-3-4-7(2)8(9)5-6/h3-5H,1-2H3,(H,11,12);3-5H,1-2H3. The summed E-state index contributed by atoms with van der Waals surface area (Å²) in [6.07, 6.45) is 0. The number of rotatable bonds is 1. The van der Waals surface area contributed by atoms with E-state index in [1.807, 2.05) is 19.9 Å². The number of carbonyl (C=O) groups excluding carboxylic acids is 1. The minimum atomic E-state index is -0.407. The van der Waals surface area contributed by atoms with Crippen molar-refractivity contribution in [2.24, 2.45) is 0 Å². The first-order valence-corrected chi connectivity index (χ1v) is 6.56. The lowest BCUT2D eigenvalue weighted by Gasteiger charge is -2.03. The fourth-order valence-corrected chi connectivity index (χ4v) is 1.62. The van der Waals surface area contributed by atoms with Gasteiger partial charge >= 0.3 is 0 Å². The molecule has 0 aliphatic rings. The predicted molar refractivity (Wildman–Crippen MR) is 81.3 cm³/mol. The van der Waals surface area contributed by atoms with E-state index in [0.717, 1.165) is 11.1 Å². The summed E-state index contributed by atoms with van der Waals surface area (Å²) in [5, 5.41) is 2.40. The molecule has 2 nitrogen and oxygen atoms in total. The lowest BCUT2D eigenvalue weighted by atomic mass is 10.2. The fourth-order valence-electron chi connectivity index (χ4n) is 1.62. The lowest BCUT2D eigenvalue weighted by Crippen LogP contribution is -2.07. The van der Waals surface area contributed by atoms with Crippen molar-refractivity contribution in [2.45, 2.75) is 27.7 Å². The zero-order chi connectivity index (χ0) is 16.0. The van der Waals surface area contributed by atoms with Gasteiger partial charge in [0.15, 0.2) is 0 Å². The highest BCUT2D eigenvalue weighted by molar-refractivity contribution is 5.88. The molecule has 1 N–H and O–H groups in total. The van der Waals surface area contributed by atoms with Crippen LogP contribution >= 0.6 is 0 Å². The van der Waals surface area contributed by atoms with Gasteiger partial charge in [-0.05, 0) is 55.7 Å². The molecular formula is C17H19F2NO. The van der Waals surface area contributed by atoms with E-state index in [0.29, 0.717) is 5.56 Å². The van der Waals surface area contributed by atoms with Crippen molar-refractivity contribution in [1.82, 2.24) is 0 Å². The molecule has 0 saturated carbocycles. The molecule has 2 aromatic rings. The van der Waals surface area contributed by atoms with E-state index in [1.54, 1.807) is 25.1 Å². The van der Waals surface area contributed by atoms with Crippen molar-refractivity contribution in [3.05, 3.63) is 64.7 Å². The van der Waals surface area contributed by atoms with Crippen molar-refractivity contribution in [3.8, 4) is 0 Å². The molecule has 0 aromatic heterocycles. The first-order chi connectivity index (χ1) is 9.79. The molecule has 1 amide bonds. The fraction of sp³-hybridized carbons (Fsp3) is 0.235. The molecule has 0 unspecified atom stereocenters. The average molecular weight is 291 g/mol. The second-order valence-corrected chi connectivity index (χ2v) is 4.92. The normalized spacial score (nSPS) is 9.62. The van der Waals surface area contributed by atoms with Crippen LogP contribution in [0.1, 0.15) is 23.6 Å². The monoisotopic (exact) mass is 291 g/mol. The van der Waals surface area contributed by atoms with Gasteiger partial charge in [0.05, 0.1) is 5.69 Å². The predicted octanol–water partition coefficient (Wildman–Crippen LogP) is 4.54. The van der Waals surface area contributed by atoms with Crippen LogP contribution in [-0.4, -0.2) is 5.91 Å². The second-order valence-electron chi connectivity index (χ2n) is 4.92. The zero-order valence-electron chi connectivity index (χ0n) is 12.6. The Hall–Kier alpha value is -2.23. The largest absolute Gasteiger partial charge is 0.324 e. The Balaban J connectivity index is 0.000000219. The molecule has 112 valence electrons. The van der Waals surface area contributed by atoms with E-state index in [9.17, 15) is 13.6 Å². The van der Waals surface area contributed by atoms with Crippen LogP contribution in [0.4, 0.5) is 14.5 Å². The van der Waals surface area contributed by atoms with Crippen molar-refractivity contribution in [1.29, 1.82) is 0 Å². The molecule has 0 radical (unpaired) electrons. The van der Waals surface area contributed by atoms with Crippen molar-refractivity contribution in [3.63, 3.8) is 0 Å². The van der Waals surface area contributed by atoms with Crippen molar-refractivity contribution in [2.75, 3.05) is 5.32 Å². The van der Waals surface area contributed by atoms with E-state index < -0.39 is 5.82 Å². The topological polar surface area (TPSA) is 29.1 Å². The number of amides is 1. The highest BCUT2D eigenvalue weighted by Crippen LogP contribution is 2.15.